The van der Waals surface area contributed by atoms with Crippen LogP contribution in [0.3, 0.4) is 0 Å². The van der Waals surface area contributed by atoms with Crippen molar-refractivity contribution in [3.05, 3.63) is 30.0 Å². The van der Waals surface area contributed by atoms with Gasteiger partial charge in [-0.25, -0.2) is 2.90 Å². The lowest BCUT2D eigenvalue weighted by atomic mass is 10.2. The van der Waals surface area contributed by atoms with E-state index in [2.05, 4.69) is 34.0 Å². The molecule has 0 bridgehead atoms. The van der Waals surface area contributed by atoms with E-state index in [1.807, 2.05) is 12.1 Å². The van der Waals surface area contributed by atoms with Gasteiger partial charge in [-0.2, -0.15) is 10.4 Å². The third kappa shape index (κ3) is 1.06. The molecular weight excluding hydrogens is 265 g/mol. The van der Waals surface area contributed by atoms with Gasteiger partial charge in [0.15, 0.2) is 0 Å². The quantitative estimate of drug-likeness (QED) is 0.687. The van der Waals surface area contributed by atoms with Gasteiger partial charge in [0.1, 0.15) is 0 Å². The molecular formula is C8H4IN3. The number of benzene rings is 1. The molecule has 12 heavy (non-hydrogen) atoms. The highest BCUT2D eigenvalue weighted by atomic mass is 127. The van der Waals surface area contributed by atoms with Crippen molar-refractivity contribution >= 4 is 33.8 Å². The summed E-state index contributed by atoms with van der Waals surface area (Å²) in [5.41, 5.74) is 1.65. The van der Waals surface area contributed by atoms with Crippen LogP contribution in [0, 0.1) is 11.3 Å². The first-order chi connectivity index (χ1) is 5.81. The molecule has 0 saturated heterocycles. The second kappa shape index (κ2) is 2.75. The Morgan fingerprint density at radius 1 is 1.50 bits per heavy atom. The Balaban J connectivity index is 2.82. The lowest BCUT2D eigenvalue weighted by molar-refractivity contribution is 1.08. The van der Waals surface area contributed by atoms with Gasteiger partial charge in [-0.3, -0.25) is 0 Å². The molecule has 0 fully saturated rings. The van der Waals surface area contributed by atoms with Gasteiger partial charge in [0.05, 0.1) is 46.2 Å². The molecule has 2 rings (SSSR count). The largest absolute Gasteiger partial charge is 0.204 e. The van der Waals surface area contributed by atoms with E-state index in [0.29, 0.717) is 5.56 Å². The highest BCUT2D eigenvalue weighted by Crippen LogP contribution is 2.16. The molecule has 0 atom stereocenters. The molecule has 1 aromatic carbocycles. The van der Waals surface area contributed by atoms with Gasteiger partial charge in [0, 0.05) is 5.39 Å². The maximum Gasteiger partial charge on any atom is 0.0992 e. The van der Waals surface area contributed by atoms with E-state index in [-0.39, 0.29) is 0 Å². The zero-order valence-corrected chi connectivity index (χ0v) is 8.19. The molecule has 0 aliphatic heterocycles. The van der Waals surface area contributed by atoms with E-state index in [1.165, 1.54) is 0 Å². The van der Waals surface area contributed by atoms with Crippen molar-refractivity contribution in [1.29, 1.82) is 5.26 Å². The van der Waals surface area contributed by atoms with Crippen molar-refractivity contribution in [2.45, 2.75) is 0 Å². The smallest absolute Gasteiger partial charge is 0.0992 e. The zero-order chi connectivity index (χ0) is 8.55. The Morgan fingerprint density at radius 2 is 2.33 bits per heavy atom. The fourth-order valence-electron chi connectivity index (χ4n) is 1.06. The van der Waals surface area contributed by atoms with Gasteiger partial charge in [0.25, 0.3) is 0 Å². The minimum absolute atomic E-state index is 0.668. The van der Waals surface area contributed by atoms with Crippen LogP contribution in [0.1, 0.15) is 5.56 Å². The summed E-state index contributed by atoms with van der Waals surface area (Å²) >= 11 is 2.08. The summed E-state index contributed by atoms with van der Waals surface area (Å²) in [6, 6.07) is 7.61. The maximum absolute atomic E-state index is 8.64. The summed E-state index contributed by atoms with van der Waals surface area (Å²) in [6.45, 7) is 0. The van der Waals surface area contributed by atoms with Crippen molar-refractivity contribution in [1.82, 2.24) is 7.99 Å². The molecule has 58 valence electrons. The highest BCUT2D eigenvalue weighted by molar-refractivity contribution is 14.1. The van der Waals surface area contributed by atoms with Crippen LogP contribution in [0.5, 0.6) is 0 Å². The second-order valence-electron chi connectivity index (χ2n) is 2.39. The number of nitriles is 1. The van der Waals surface area contributed by atoms with Gasteiger partial charge in [0.2, 0.25) is 0 Å². The average molecular weight is 269 g/mol. The number of rotatable bonds is 0. The van der Waals surface area contributed by atoms with Crippen LogP contribution < -0.4 is 0 Å². The maximum atomic E-state index is 8.64. The van der Waals surface area contributed by atoms with Gasteiger partial charge in [-0.15, -0.1) is 0 Å². The van der Waals surface area contributed by atoms with E-state index in [1.54, 1.807) is 15.2 Å². The van der Waals surface area contributed by atoms with Crippen LogP contribution in [0.2, 0.25) is 0 Å². The summed E-state index contributed by atoms with van der Waals surface area (Å²) in [5.74, 6) is 0. The van der Waals surface area contributed by atoms with Crippen LogP contribution in [0.15, 0.2) is 24.4 Å². The van der Waals surface area contributed by atoms with E-state index >= 15 is 0 Å². The molecule has 1 aromatic heterocycles. The Hall–Kier alpha value is -1.09. The molecule has 0 unspecified atom stereocenters. The zero-order valence-electron chi connectivity index (χ0n) is 6.03. The number of nitrogens with zero attached hydrogens (tertiary/aromatic N) is 3. The minimum atomic E-state index is 0.668. The monoisotopic (exact) mass is 269 g/mol. The summed E-state index contributed by atoms with van der Waals surface area (Å²) in [4.78, 5) is 0. The molecule has 0 aliphatic carbocycles. The van der Waals surface area contributed by atoms with E-state index < -0.39 is 0 Å². The third-order valence-electron chi connectivity index (χ3n) is 1.66. The van der Waals surface area contributed by atoms with Crippen LogP contribution in [-0.2, 0) is 0 Å². The predicted molar refractivity (Wildman–Crippen MR) is 53.9 cm³/mol. The molecule has 0 spiro atoms. The normalized spacial score (nSPS) is 10.0. The van der Waals surface area contributed by atoms with Crippen molar-refractivity contribution in [3.63, 3.8) is 0 Å². The van der Waals surface area contributed by atoms with Gasteiger partial charge < -0.3 is 0 Å². The van der Waals surface area contributed by atoms with Crippen molar-refractivity contribution in [2.24, 2.45) is 0 Å². The van der Waals surface area contributed by atoms with Gasteiger partial charge >= 0.3 is 0 Å². The first-order valence-electron chi connectivity index (χ1n) is 3.35. The SMILES string of the molecule is N#Cc1ccc2cnn(I)c2c1. The Bertz CT molecular complexity index is 467. The van der Waals surface area contributed by atoms with Gasteiger partial charge in [-0.1, -0.05) is 0 Å². The number of hydrogen-bond acceptors (Lipinski definition) is 2. The summed E-state index contributed by atoms with van der Waals surface area (Å²) < 4.78 is 1.73. The van der Waals surface area contributed by atoms with Crippen molar-refractivity contribution in [3.8, 4) is 6.07 Å². The predicted octanol–water partition coefficient (Wildman–Crippen LogP) is 2.11. The first kappa shape index (κ1) is 7.55. The number of fused-ring (bicyclic) bond motifs is 1. The Kier molecular flexibility index (Phi) is 1.73. The first-order valence-corrected chi connectivity index (χ1v) is 4.32. The van der Waals surface area contributed by atoms with Crippen molar-refractivity contribution < 1.29 is 0 Å². The molecule has 1 heterocycles. The van der Waals surface area contributed by atoms with Crippen LogP contribution in [-0.4, -0.2) is 7.99 Å². The van der Waals surface area contributed by atoms with Crippen LogP contribution >= 0.6 is 22.9 Å². The standard InChI is InChI=1S/C8H4IN3/c9-12-8-3-6(4-10)1-2-7(8)5-11-12/h1-3,5H. The summed E-state index contributed by atoms with van der Waals surface area (Å²) in [5, 5.41) is 13.8. The van der Waals surface area contributed by atoms with Crippen LogP contribution in [0.25, 0.3) is 10.9 Å². The molecule has 0 amide bonds. The number of hydrogen-bond donors (Lipinski definition) is 0. The Morgan fingerprint density at radius 3 is 3.08 bits per heavy atom. The Labute approximate surface area is 83.1 Å². The van der Waals surface area contributed by atoms with Crippen LogP contribution in [0.4, 0.5) is 0 Å². The lowest BCUT2D eigenvalue weighted by Crippen LogP contribution is -1.80. The molecule has 3 nitrogen and oxygen atoms in total. The van der Waals surface area contributed by atoms with E-state index in [0.717, 1.165) is 10.9 Å². The molecule has 0 aliphatic rings. The molecule has 2 aromatic rings. The molecule has 4 heteroatoms. The van der Waals surface area contributed by atoms with Gasteiger partial charge in [-0.05, 0) is 18.2 Å². The fourth-order valence-corrected chi connectivity index (χ4v) is 1.60. The molecule has 0 radical (unpaired) electrons. The van der Waals surface area contributed by atoms with Crippen molar-refractivity contribution in [2.75, 3.05) is 0 Å². The number of halogens is 1. The summed E-state index contributed by atoms with van der Waals surface area (Å²) in [7, 11) is 0. The topological polar surface area (TPSA) is 41.6 Å². The minimum Gasteiger partial charge on any atom is -0.204 e. The lowest BCUT2D eigenvalue weighted by Gasteiger charge is -1.91. The summed E-state index contributed by atoms with van der Waals surface area (Å²) in [6.07, 6.45) is 1.78. The highest BCUT2D eigenvalue weighted by Gasteiger charge is 2.00. The van der Waals surface area contributed by atoms with E-state index in [9.17, 15) is 0 Å². The number of aromatic nitrogens is 2. The second-order valence-corrected chi connectivity index (χ2v) is 3.30. The third-order valence-corrected chi connectivity index (χ3v) is 2.43. The van der Waals surface area contributed by atoms with E-state index in [4.69, 9.17) is 5.26 Å². The molecule has 0 N–H and O–H groups in total. The fraction of sp³-hybridized carbons (Fsp3) is 0. The molecule has 0 saturated carbocycles. The average Bonchev–Trinajstić information content (AvgIpc) is 2.47.